The molecule has 1 aliphatic heterocycles. The van der Waals surface area contributed by atoms with E-state index >= 15 is 0 Å². The fourth-order valence-electron chi connectivity index (χ4n) is 3.44. The van der Waals surface area contributed by atoms with E-state index in [4.69, 9.17) is 5.11 Å². The second kappa shape index (κ2) is 6.83. The lowest BCUT2D eigenvalue weighted by atomic mass is 10.1. The molecule has 0 saturated carbocycles. The minimum Gasteiger partial charge on any atom is -0.478 e. The molecule has 3 aromatic rings. The van der Waals surface area contributed by atoms with E-state index in [0.717, 1.165) is 22.5 Å². The topological polar surface area (TPSA) is 102 Å². The van der Waals surface area contributed by atoms with Crippen molar-refractivity contribution in [2.24, 2.45) is 7.05 Å². The maximum atomic E-state index is 12.4. The Morgan fingerprint density at radius 3 is 2.54 bits per heavy atom. The van der Waals surface area contributed by atoms with Crippen LogP contribution in [0.4, 0.5) is 5.82 Å². The highest BCUT2D eigenvalue weighted by atomic mass is 32.2. The standard InChI is InChI=1S/C19H19N5O3S/c1-10-14(8-23(3)21-10)17-16-11(2)22-24(18(16)20-15(25)9-28-17)13-6-4-12(5-7-13)19(26)27/h4-8,17H,9H2,1-3H3,(H,20,25)(H,26,27). The van der Waals surface area contributed by atoms with Crippen molar-refractivity contribution < 1.29 is 14.7 Å². The van der Waals surface area contributed by atoms with Gasteiger partial charge in [-0.25, -0.2) is 9.48 Å². The Labute approximate surface area is 165 Å². The Balaban J connectivity index is 1.86. The number of carbonyl (C=O) groups is 2. The van der Waals surface area contributed by atoms with Crippen LogP contribution in [0.2, 0.25) is 0 Å². The Kier molecular flexibility index (Phi) is 4.46. The summed E-state index contributed by atoms with van der Waals surface area (Å²) in [5.41, 5.74) is 4.59. The molecule has 0 bridgehead atoms. The normalized spacial score (nSPS) is 16.4. The molecule has 3 heterocycles. The van der Waals surface area contributed by atoms with E-state index in [1.807, 2.05) is 27.1 Å². The monoisotopic (exact) mass is 397 g/mol. The molecule has 0 fully saturated rings. The fraction of sp³-hybridized carbons (Fsp3) is 0.263. The van der Waals surface area contributed by atoms with Crippen molar-refractivity contribution in [2.45, 2.75) is 19.1 Å². The largest absolute Gasteiger partial charge is 0.478 e. The zero-order valence-electron chi connectivity index (χ0n) is 15.6. The molecule has 1 aromatic carbocycles. The third-order valence-corrected chi connectivity index (χ3v) is 5.95. The zero-order valence-corrected chi connectivity index (χ0v) is 16.4. The number of thioether (sulfide) groups is 1. The Morgan fingerprint density at radius 1 is 1.21 bits per heavy atom. The van der Waals surface area contributed by atoms with Crippen molar-refractivity contribution in [2.75, 3.05) is 11.1 Å². The number of nitrogens with zero attached hydrogens (tertiary/aromatic N) is 4. The van der Waals surface area contributed by atoms with Gasteiger partial charge in [-0.2, -0.15) is 10.2 Å². The van der Waals surface area contributed by atoms with Crippen LogP contribution >= 0.6 is 11.8 Å². The summed E-state index contributed by atoms with van der Waals surface area (Å²) in [4.78, 5) is 23.5. The third-order valence-electron chi connectivity index (χ3n) is 4.70. The number of aromatic nitrogens is 4. The minimum absolute atomic E-state index is 0.0744. The van der Waals surface area contributed by atoms with Crippen LogP contribution in [0.15, 0.2) is 30.5 Å². The first-order valence-corrected chi connectivity index (χ1v) is 9.75. The summed E-state index contributed by atoms with van der Waals surface area (Å²) >= 11 is 1.55. The molecule has 0 saturated heterocycles. The number of nitrogens with one attached hydrogen (secondary N) is 1. The van der Waals surface area contributed by atoms with Crippen LogP contribution in [0.5, 0.6) is 0 Å². The van der Waals surface area contributed by atoms with Gasteiger partial charge in [0, 0.05) is 24.4 Å². The predicted octanol–water partition coefficient (Wildman–Crippen LogP) is 2.70. The molecule has 9 heteroatoms. The number of anilines is 1. The number of aryl methyl sites for hydroxylation is 3. The lowest BCUT2D eigenvalue weighted by molar-refractivity contribution is -0.113. The number of benzene rings is 1. The molecule has 0 radical (unpaired) electrons. The van der Waals surface area contributed by atoms with Crippen molar-refractivity contribution in [1.82, 2.24) is 19.6 Å². The number of carbonyl (C=O) groups excluding carboxylic acids is 1. The van der Waals surface area contributed by atoms with E-state index < -0.39 is 5.97 Å². The number of hydrogen-bond acceptors (Lipinski definition) is 5. The van der Waals surface area contributed by atoms with Crippen LogP contribution in [-0.4, -0.2) is 42.3 Å². The predicted molar refractivity (Wildman–Crippen MR) is 106 cm³/mol. The van der Waals surface area contributed by atoms with Gasteiger partial charge in [0.15, 0.2) is 0 Å². The number of aromatic carboxylic acids is 1. The van der Waals surface area contributed by atoms with Gasteiger partial charge in [-0.15, -0.1) is 11.8 Å². The van der Waals surface area contributed by atoms with E-state index in [9.17, 15) is 9.59 Å². The number of carboxylic acid groups (broad SMARTS) is 1. The molecule has 144 valence electrons. The Hall–Kier alpha value is -3.07. The van der Waals surface area contributed by atoms with E-state index in [-0.39, 0.29) is 16.7 Å². The van der Waals surface area contributed by atoms with Crippen molar-refractivity contribution in [3.63, 3.8) is 0 Å². The molecule has 2 N–H and O–H groups in total. The maximum absolute atomic E-state index is 12.4. The van der Waals surface area contributed by atoms with Crippen LogP contribution < -0.4 is 5.32 Å². The molecule has 1 atom stereocenters. The molecule has 1 aliphatic rings. The third kappa shape index (κ3) is 3.07. The highest BCUT2D eigenvalue weighted by Crippen LogP contribution is 2.44. The second-order valence-corrected chi connectivity index (χ2v) is 7.79. The summed E-state index contributed by atoms with van der Waals surface area (Å²) < 4.78 is 3.44. The molecule has 1 unspecified atom stereocenters. The first kappa shape index (κ1) is 18.3. The van der Waals surface area contributed by atoms with E-state index in [2.05, 4.69) is 15.5 Å². The first-order chi connectivity index (χ1) is 13.3. The average molecular weight is 397 g/mol. The highest BCUT2D eigenvalue weighted by molar-refractivity contribution is 8.00. The summed E-state index contributed by atoms with van der Waals surface area (Å²) in [6, 6.07) is 6.42. The molecule has 0 spiro atoms. The zero-order chi connectivity index (χ0) is 20.0. The van der Waals surface area contributed by atoms with Crippen molar-refractivity contribution in [3.8, 4) is 5.69 Å². The Morgan fingerprint density at radius 2 is 1.93 bits per heavy atom. The van der Waals surface area contributed by atoms with Crippen LogP contribution in [0, 0.1) is 13.8 Å². The van der Waals surface area contributed by atoms with Gasteiger partial charge in [0.1, 0.15) is 5.82 Å². The lowest BCUT2D eigenvalue weighted by Gasteiger charge is -2.14. The number of carboxylic acids is 1. The Bertz CT molecular complexity index is 1080. The quantitative estimate of drug-likeness (QED) is 0.705. The fourth-order valence-corrected chi connectivity index (χ4v) is 4.69. The summed E-state index contributed by atoms with van der Waals surface area (Å²) in [5, 5.41) is 21.1. The molecule has 8 nitrogen and oxygen atoms in total. The number of hydrogen-bond donors (Lipinski definition) is 2. The summed E-state index contributed by atoms with van der Waals surface area (Å²) in [5.74, 6) is -0.147. The molecular formula is C19H19N5O3S. The van der Waals surface area contributed by atoms with Crippen LogP contribution in [0.25, 0.3) is 5.69 Å². The average Bonchev–Trinajstić information content (AvgIpc) is 3.08. The van der Waals surface area contributed by atoms with Gasteiger partial charge < -0.3 is 10.4 Å². The van der Waals surface area contributed by atoms with Gasteiger partial charge >= 0.3 is 5.97 Å². The van der Waals surface area contributed by atoms with Crippen LogP contribution in [-0.2, 0) is 11.8 Å². The van der Waals surface area contributed by atoms with Crippen molar-refractivity contribution >= 4 is 29.5 Å². The van der Waals surface area contributed by atoms with E-state index in [1.165, 1.54) is 12.1 Å². The van der Waals surface area contributed by atoms with Gasteiger partial charge in [-0.3, -0.25) is 9.48 Å². The first-order valence-electron chi connectivity index (χ1n) is 8.70. The molecule has 4 rings (SSSR count). The molecule has 0 aliphatic carbocycles. The molecule has 28 heavy (non-hydrogen) atoms. The summed E-state index contributed by atoms with van der Waals surface area (Å²) in [6.07, 6.45) is 1.98. The van der Waals surface area contributed by atoms with Crippen molar-refractivity contribution in [1.29, 1.82) is 0 Å². The highest BCUT2D eigenvalue weighted by Gasteiger charge is 2.32. The van der Waals surface area contributed by atoms with Gasteiger partial charge in [0.2, 0.25) is 5.91 Å². The molecule has 2 aromatic heterocycles. The van der Waals surface area contributed by atoms with Gasteiger partial charge in [-0.05, 0) is 38.1 Å². The minimum atomic E-state index is -0.987. The lowest BCUT2D eigenvalue weighted by Crippen LogP contribution is -2.15. The maximum Gasteiger partial charge on any atom is 0.335 e. The van der Waals surface area contributed by atoms with Crippen LogP contribution in [0.1, 0.15) is 38.1 Å². The van der Waals surface area contributed by atoms with Crippen molar-refractivity contribution in [3.05, 3.63) is 58.5 Å². The summed E-state index contributed by atoms with van der Waals surface area (Å²) in [7, 11) is 1.88. The van der Waals surface area contributed by atoms with Gasteiger partial charge in [0.05, 0.1) is 33.6 Å². The second-order valence-electron chi connectivity index (χ2n) is 6.69. The van der Waals surface area contributed by atoms with E-state index in [1.54, 1.807) is 33.3 Å². The number of fused-ring (bicyclic) bond motifs is 1. The number of rotatable bonds is 3. The van der Waals surface area contributed by atoms with E-state index in [0.29, 0.717) is 17.3 Å². The number of amides is 1. The molecule has 1 amide bonds. The SMILES string of the molecule is Cc1nn(C)cc1C1SCC(=O)Nc2c1c(C)nn2-c1ccc(C(=O)O)cc1. The molecular weight excluding hydrogens is 378 g/mol. The van der Waals surface area contributed by atoms with Gasteiger partial charge in [0.25, 0.3) is 0 Å². The summed E-state index contributed by atoms with van der Waals surface area (Å²) in [6.45, 7) is 3.87. The van der Waals surface area contributed by atoms with Gasteiger partial charge in [-0.1, -0.05) is 0 Å². The smallest absolute Gasteiger partial charge is 0.335 e. The van der Waals surface area contributed by atoms with Crippen LogP contribution in [0.3, 0.4) is 0 Å².